The first-order chi connectivity index (χ1) is 9.84. The van der Waals surface area contributed by atoms with E-state index in [1.165, 1.54) is 12.1 Å². The number of nitrogen functional groups attached to an aromatic ring is 1. The van der Waals surface area contributed by atoms with Gasteiger partial charge in [-0.2, -0.15) is 13.2 Å². The minimum absolute atomic E-state index is 0.0286. The van der Waals surface area contributed by atoms with Gasteiger partial charge in [-0.15, -0.1) is 0 Å². The molecule has 0 radical (unpaired) electrons. The number of nitrogens with zero attached hydrogens (tertiary/aromatic N) is 1. The maximum Gasteiger partial charge on any atom is 0.417 e. The van der Waals surface area contributed by atoms with E-state index in [1.807, 2.05) is 0 Å². The molecule has 2 aromatic carbocycles. The van der Waals surface area contributed by atoms with Crippen molar-refractivity contribution < 1.29 is 17.6 Å². The van der Waals surface area contributed by atoms with Gasteiger partial charge in [0.1, 0.15) is 5.52 Å². The van der Waals surface area contributed by atoms with Crippen molar-refractivity contribution in [1.82, 2.24) is 4.98 Å². The number of oxazole rings is 1. The highest BCUT2D eigenvalue weighted by molar-refractivity contribution is 9.10. The molecule has 2 N–H and O–H groups in total. The number of benzene rings is 2. The molecule has 3 aromatic rings. The third-order valence-electron chi connectivity index (χ3n) is 2.93. The van der Waals surface area contributed by atoms with Crippen molar-refractivity contribution in [3.63, 3.8) is 0 Å². The van der Waals surface area contributed by atoms with Crippen LogP contribution in [0.2, 0.25) is 0 Å². The molecule has 0 aliphatic carbocycles. The van der Waals surface area contributed by atoms with Gasteiger partial charge in [0.05, 0.1) is 5.56 Å². The van der Waals surface area contributed by atoms with E-state index < -0.39 is 11.7 Å². The predicted octanol–water partition coefficient (Wildman–Crippen LogP) is 4.86. The molecule has 0 unspecified atom stereocenters. The van der Waals surface area contributed by atoms with Crippen LogP contribution in [-0.2, 0) is 6.18 Å². The van der Waals surface area contributed by atoms with E-state index in [0.29, 0.717) is 16.8 Å². The largest absolute Gasteiger partial charge is 0.436 e. The summed E-state index contributed by atoms with van der Waals surface area (Å²) in [5.41, 5.74) is 6.59. The Kier molecular flexibility index (Phi) is 3.16. The van der Waals surface area contributed by atoms with Crippen molar-refractivity contribution in [3.8, 4) is 11.5 Å². The smallest absolute Gasteiger partial charge is 0.417 e. The van der Waals surface area contributed by atoms with E-state index in [2.05, 4.69) is 20.9 Å². The van der Waals surface area contributed by atoms with E-state index in [-0.39, 0.29) is 15.9 Å². The average Bonchev–Trinajstić information content (AvgIpc) is 2.80. The Bertz CT molecular complexity index is 827. The highest BCUT2D eigenvalue weighted by Crippen LogP contribution is 2.37. The minimum Gasteiger partial charge on any atom is -0.436 e. The minimum atomic E-state index is -4.45. The molecule has 3 rings (SSSR count). The van der Waals surface area contributed by atoms with Gasteiger partial charge in [0.2, 0.25) is 5.89 Å². The van der Waals surface area contributed by atoms with Crippen LogP contribution >= 0.6 is 15.9 Å². The van der Waals surface area contributed by atoms with Crippen LogP contribution in [0.15, 0.2) is 45.3 Å². The van der Waals surface area contributed by atoms with Crippen LogP contribution in [0.5, 0.6) is 0 Å². The summed E-state index contributed by atoms with van der Waals surface area (Å²) in [5, 5.41) is 0. The van der Waals surface area contributed by atoms with Crippen molar-refractivity contribution in [3.05, 3.63) is 46.4 Å². The molecule has 7 heteroatoms. The lowest BCUT2D eigenvalue weighted by molar-refractivity contribution is -0.138. The van der Waals surface area contributed by atoms with Crippen molar-refractivity contribution in [2.75, 3.05) is 5.73 Å². The molecule has 0 aliphatic heterocycles. The third kappa shape index (κ3) is 2.61. The number of hydrogen-bond acceptors (Lipinski definition) is 3. The summed E-state index contributed by atoms with van der Waals surface area (Å²) in [6.07, 6.45) is -4.45. The topological polar surface area (TPSA) is 52.0 Å². The number of hydrogen-bond donors (Lipinski definition) is 1. The van der Waals surface area contributed by atoms with E-state index in [0.717, 1.165) is 6.07 Å². The SMILES string of the molecule is Nc1ccc2oc(-c3ccc(Br)c(C(F)(F)F)c3)nc2c1. The van der Waals surface area contributed by atoms with Crippen molar-refractivity contribution >= 4 is 32.7 Å². The molecule has 0 saturated heterocycles. The Hall–Kier alpha value is -2.02. The van der Waals surface area contributed by atoms with Crippen molar-refractivity contribution in [1.29, 1.82) is 0 Å². The number of fused-ring (bicyclic) bond motifs is 1. The fourth-order valence-corrected chi connectivity index (χ4v) is 2.41. The maximum absolute atomic E-state index is 12.9. The number of alkyl halides is 3. The zero-order valence-corrected chi connectivity index (χ0v) is 12.0. The summed E-state index contributed by atoms with van der Waals surface area (Å²) in [7, 11) is 0. The van der Waals surface area contributed by atoms with Gasteiger partial charge < -0.3 is 10.2 Å². The molecule has 1 heterocycles. The molecule has 1 aromatic heterocycles. The van der Waals surface area contributed by atoms with Gasteiger partial charge in [-0.1, -0.05) is 15.9 Å². The maximum atomic E-state index is 12.9. The molecule has 0 saturated carbocycles. The summed E-state index contributed by atoms with van der Waals surface area (Å²) >= 11 is 2.90. The van der Waals surface area contributed by atoms with Crippen LogP contribution in [0.4, 0.5) is 18.9 Å². The van der Waals surface area contributed by atoms with Crippen molar-refractivity contribution in [2.24, 2.45) is 0 Å². The second-order valence-corrected chi connectivity index (χ2v) is 5.29. The predicted molar refractivity (Wildman–Crippen MR) is 76.6 cm³/mol. The number of rotatable bonds is 1. The lowest BCUT2D eigenvalue weighted by Gasteiger charge is -2.09. The Morgan fingerprint density at radius 1 is 1.10 bits per heavy atom. The summed E-state index contributed by atoms with van der Waals surface area (Å²) < 4.78 is 44.2. The van der Waals surface area contributed by atoms with Gasteiger partial charge in [0, 0.05) is 15.7 Å². The zero-order valence-electron chi connectivity index (χ0n) is 10.4. The van der Waals surface area contributed by atoms with Crippen LogP contribution in [0.3, 0.4) is 0 Å². The summed E-state index contributed by atoms with van der Waals surface area (Å²) in [6, 6.07) is 8.70. The molecule has 0 amide bonds. The van der Waals surface area contributed by atoms with Gasteiger partial charge >= 0.3 is 6.18 Å². The van der Waals surface area contributed by atoms with Crippen LogP contribution in [0, 0.1) is 0 Å². The van der Waals surface area contributed by atoms with Gasteiger partial charge in [-0.05, 0) is 36.4 Å². The quantitative estimate of drug-likeness (QED) is 0.633. The van der Waals surface area contributed by atoms with Crippen molar-refractivity contribution in [2.45, 2.75) is 6.18 Å². The van der Waals surface area contributed by atoms with E-state index >= 15 is 0 Å². The lowest BCUT2D eigenvalue weighted by atomic mass is 10.1. The molecule has 108 valence electrons. The summed E-state index contributed by atoms with van der Waals surface area (Å²) in [4.78, 5) is 4.17. The Labute approximate surface area is 125 Å². The normalized spacial score (nSPS) is 12.0. The first kappa shape index (κ1) is 13.9. The van der Waals surface area contributed by atoms with E-state index in [4.69, 9.17) is 10.2 Å². The Balaban J connectivity index is 2.14. The fourth-order valence-electron chi connectivity index (χ4n) is 1.94. The summed E-state index contributed by atoms with van der Waals surface area (Å²) in [5.74, 6) is 0.119. The number of aromatic nitrogens is 1. The zero-order chi connectivity index (χ0) is 15.2. The molecule has 0 spiro atoms. The van der Waals surface area contributed by atoms with E-state index in [9.17, 15) is 13.2 Å². The Morgan fingerprint density at radius 3 is 2.57 bits per heavy atom. The molecule has 21 heavy (non-hydrogen) atoms. The van der Waals surface area contributed by atoms with Gasteiger partial charge in [0.25, 0.3) is 0 Å². The fraction of sp³-hybridized carbons (Fsp3) is 0.0714. The van der Waals surface area contributed by atoms with Crippen LogP contribution in [0.1, 0.15) is 5.56 Å². The van der Waals surface area contributed by atoms with Gasteiger partial charge in [-0.3, -0.25) is 0 Å². The number of nitrogens with two attached hydrogens (primary N) is 1. The third-order valence-corrected chi connectivity index (χ3v) is 3.62. The first-order valence-electron chi connectivity index (χ1n) is 5.88. The standard InChI is InChI=1S/C14H8BrF3N2O/c15-10-3-1-7(5-9(10)14(16,17)18)13-20-11-6-8(19)2-4-12(11)21-13/h1-6H,19H2. The van der Waals surface area contributed by atoms with Crippen LogP contribution < -0.4 is 5.73 Å². The molecular formula is C14H8BrF3N2O. The van der Waals surface area contributed by atoms with Crippen LogP contribution in [-0.4, -0.2) is 4.98 Å². The highest BCUT2D eigenvalue weighted by Gasteiger charge is 2.33. The molecule has 0 aliphatic rings. The molecule has 0 fully saturated rings. The van der Waals surface area contributed by atoms with Crippen LogP contribution in [0.25, 0.3) is 22.6 Å². The van der Waals surface area contributed by atoms with Gasteiger partial charge in [-0.25, -0.2) is 4.98 Å². The molecular weight excluding hydrogens is 349 g/mol. The Morgan fingerprint density at radius 2 is 1.86 bits per heavy atom. The molecule has 0 bridgehead atoms. The summed E-state index contributed by atoms with van der Waals surface area (Å²) in [6.45, 7) is 0. The average molecular weight is 357 g/mol. The monoisotopic (exact) mass is 356 g/mol. The second kappa shape index (κ2) is 4.77. The molecule has 0 atom stereocenters. The number of halogens is 4. The van der Waals surface area contributed by atoms with E-state index in [1.54, 1.807) is 18.2 Å². The van der Waals surface area contributed by atoms with Gasteiger partial charge in [0.15, 0.2) is 5.58 Å². The lowest BCUT2D eigenvalue weighted by Crippen LogP contribution is -2.06. The highest BCUT2D eigenvalue weighted by atomic mass is 79.9. The second-order valence-electron chi connectivity index (χ2n) is 4.44. The first-order valence-corrected chi connectivity index (χ1v) is 6.67. The molecule has 3 nitrogen and oxygen atoms in total. The number of anilines is 1.